The average Bonchev–Trinajstić information content (AvgIpc) is 2.65. The summed E-state index contributed by atoms with van der Waals surface area (Å²) in [6.45, 7) is 2.46. The second-order valence-corrected chi connectivity index (χ2v) is 4.10. The van der Waals surface area contributed by atoms with Gasteiger partial charge in [0.1, 0.15) is 0 Å². The Morgan fingerprint density at radius 3 is 2.86 bits per heavy atom. The highest BCUT2D eigenvalue weighted by molar-refractivity contribution is 5.30. The molecule has 0 amide bonds. The average molecular weight is 191 g/mol. The van der Waals surface area contributed by atoms with Crippen molar-refractivity contribution in [2.45, 2.75) is 18.9 Å². The summed E-state index contributed by atoms with van der Waals surface area (Å²) in [5, 5.41) is 9.23. The first-order chi connectivity index (χ1) is 6.81. The Morgan fingerprint density at radius 2 is 2.21 bits per heavy atom. The topological polar surface area (TPSA) is 23.5 Å². The molecule has 1 aromatic carbocycles. The highest BCUT2D eigenvalue weighted by Crippen LogP contribution is 2.28. The van der Waals surface area contributed by atoms with Crippen LogP contribution in [-0.4, -0.2) is 30.1 Å². The van der Waals surface area contributed by atoms with Crippen LogP contribution in [0.15, 0.2) is 24.3 Å². The number of hydrogen-bond acceptors (Lipinski definition) is 2. The molecule has 1 saturated heterocycles. The first-order valence-corrected chi connectivity index (χ1v) is 5.18. The SMILES string of the molecule is CN1CCC(c2ccccc2CO)C1. The fraction of sp³-hybridized carbons (Fsp3) is 0.500. The molecule has 1 unspecified atom stereocenters. The third-order valence-corrected chi connectivity index (χ3v) is 3.06. The van der Waals surface area contributed by atoms with Gasteiger partial charge in [-0.15, -0.1) is 0 Å². The van der Waals surface area contributed by atoms with Crippen molar-refractivity contribution in [1.82, 2.24) is 4.90 Å². The van der Waals surface area contributed by atoms with Crippen LogP contribution in [0.4, 0.5) is 0 Å². The van der Waals surface area contributed by atoms with E-state index in [-0.39, 0.29) is 6.61 Å². The summed E-state index contributed by atoms with van der Waals surface area (Å²) in [4.78, 5) is 2.35. The highest BCUT2D eigenvalue weighted by atomic mass is 16.3. The van der Waals surface area contributed by atoms with Crippen molar-refractivity contribution in [2.24, 2.45) is 0 Å². The maximum atomic E-state index is 9.23. The standard InChI is InChI=1S/C12H17NO/c1-13-7-6-10(8-13)12-5-3-2-4-11(12)9-14/h2-5,10,14H,6-9H2,1H3. The quantitative estimate of drug-likeness (QED) is 0.767. The van der Waals surface area contributed by atoms with E-state index in [2.05, 4.69) is 24.1 Å². The van der Waals surface area contributed by atoms with Gasteiger partial charge in [-0.1, -0.05) is 24.3 Å². The number of rotatable bonds is 2. The Hall–Kier alpha value is -0.860. The van der Waals surface area contributed by atoms with E-state index < -0.39 is 0 Å². The Balaban J connectivity index is 2.22. The van der Waals surface area contributed by atoms with E-state index in [1.165, 1.54) is 18.5 Å². The zero-order valence-corrected chi connectivity index (χ0v) is 8.61. The molecule has 2 heteroatoms. The predicted molar refractivity (Wildman–Crippen MR) is 57.2 cm³/mol. The van der Waals surface area contributed by atoms with Crippen molar-refractivity contribution < 1.29 is 5.11 Å². The fourth-order valence-electron chi connectivity index (χ4n) is 2.27. The van der Waals surface area contributed by atoms with Gasteiger partial charge in [0.2, 0.25) is 0 Å². The number of likely N-dealkylation sites (tertiary alicyclic amines) is 1. The summed E-state index contributed by atoms with van der Waals surface area (Å²) >= 11 is 0. The zero-order valence-electron chi connectivity index (χ0n) is 8.61. The molecule has 1 atom stereocenters. The molecule has 1 N–H and O–H groups in total. The van der Waals surface area contributed by atoms with Gasteiger partial charge in [0, 0.05) is 6.54 Å². The predicted octanol–water partition coefficient (Wildman–Crippen LogP) is 1.60. The highest BCUT2D eigenvalue weighted by Gasteiger charge is 2.22. The maximum absolute atomic E-state index is 9.23. The summed E-state index contributed by atoms with van der Waals surface area (Å²) in [6.07, 6.45) is 1.22. The van der Waals surface area contributed by atoms with E-state index >= 15 is 0 Å². The minimum Gasteiger partial charge on any atom is -0.392 e. The zero-order chi connectivity index (χ0) is 9.97. The van der Waals surface area contributed by atoms with Gasteiger partial charge in [-0.25, -0.2) is 0 Å². The van der Waals surface area contributed by atoms with Crippen LogP contribution in [-0.2, 0) is 6.61 Å². The Morgan fingerprint density at radius 1 is 1.43 bits per heavy atom. The number of nitrogens with zero attached hydrogens (tertiary/aromatic N) is 1. The van der Waals surface area contributed by atoms with Crippen molar-refractivity contribution in [1.29, 1.82) is 0 Å². The smallest absolute Gasteiger partial charge is 0.0684 e. The molecule has 2 nitrogen and oxygen atoms in total. The van der Waals surface area contributed by atoms with Crippen molar-refractivity contribution in [3.8, 4) is 0 Å². The molecule has 1 aliphatic heterocycles. The summed E-state index contributed by atoms with van der Waals surface area (Å²) < 4.78 is 0. The van der Waals surface area contributed by atoms with Gasteiger partial charge in [-0.2, -0.15) is 0 Å². The Bertz CT molecular complexity index is 311. The largest absolute Gasteiger partial charge is 0.392 e. The maximum Gasteiger partial charge on any atom is 0.0684 e. The first kappa shape index (κ1) is 9.69. The van der Waals surface area contributed by atoms with Gasteiger partial charge in [0.15, 0.2) is 0 Å². The van der Waals surface area contributed by atoms with Crippen molar-refractivity contribution in [2.75, 3.05) is 20.1 Å². The van der Waals surface area contributed by atoms with Gasteiger partial charge in [0.25, 0.3) is 0 Å². The van der Waals surface area contributed by atoms with Crippen LogP contribution in [0.5, 0.6) is 0 Å². The number of hydrogen-bond donors (Lipinski definition) is 1. The summed E-state index contributed by atoms with van der Waals surface area (Å²) in [7, 11) is 2.15. The normalized spacial score (nSPS) is 22.9. The van der Waals surface area contributed by atoms with Crippen LogP contribution in [0, 0.1) is 0 Å². The van der Waals surface area contributed by atoms with Crippen LogP contribution in [0.3, 0.4) is 0 Å². The molecule has 1 aliphatic rings. The monoisotopic (exact) mass is 191 g/mol. The number of benzene rings is 1. The second-order valence-electron chi connectivity index (χ2n) is 4.10. The molecule has 1 fully saturated rings. The van der Waals surface area contributed by atoms with Crippen molar-refractivity contribution in [3.63, 3.8) is 0 Å². The van der Waals surface area contributed by atoms with Crippen LogP contribution in [0.2, 0.25) is 0 Å². The lowest BCUT2D eigenvalue weighted by Crippen LogP contribution is -2.13. The molecule has 0 saturated carbocycles. The van der Waals surface area contributed by atoms with Crippen LogP contribution in [0.1, 0.15) is 23.5 Å². The van der Waals surface area contributed by atoms with Gasteiger partial charge in [-0.3, -0.25) is 0 Å². The van der Waals surface area contributed by atoms with Crippen molar-refractivity contribution >= 4 is 0 Å². The lowest BCUT2D eigenvalue weighted by Gasteiger charge is -2.14. The van der Waals surface area contributed by atoms with E-state index in [0.717, 1.165) is 12.1 Å². The van der Waals surface area contributed by atoms with E-state index in [1.54, 1.807) is 0 Å². The van der Waals surface area contributed by atoms with E-state index in [0.29, 0.717) is 5.92 Å². The molecular formula is C12H17NO. The molecule has 76 valence electrons. The minimum atomic E-state index is 0.163. The summed E-state index contributed by atoms with van der Waals surface area (Å²) in [6, 6.07) is 8.23. The lowest BCUT2D eigenvalue weighted by atomic mass is 9.94. The van der Waals surface area contributed by atoms with E-state index in [4.69, 9.17) is 0 Å². The molecular weight excluding hydrogens is 174 g/mol. The first-order valence-electron chi connectivity index (χ1n) is 5.18. The minimum absolute atomic E-state index is 0.163. The summed E-state index contributed by atoms with van der Waals surface area (Å²) in [5.41, 5.74) is 2.42. The van der Waals surface area contributed by atoms with Gasteiger partial charge in [0.05, 0.1) is 6.61 Å². The molecule has 2 rings (SSSR count). The second kappa shape index (κ2) is 4.11. The Labute approximate surface area is 85.2 Å². The molecule has 14 heavy (non-hydrogen) atoms. The molecule has 0 aromatic heterocycles. The molecule has 0 spiro atoms. The lowest BCUT2D eigenvalue weighted by molar-refractivity contribution is 0.279. The van der Waals surface area contributed by atoms with Gasteiger partial charge >= 0.3 is 0 Å². The van der Waals surface area contributed by atoms with Crippen LogP contribution in [0.25, 0.3) is 0 Å². The van der Waals surface area contributed by atoms with Crippen LogP contribution >= 0.6 is 0 Å². The molecule has 0 bridgehead atoms. The van der Waals surface area contributed by atoms with Crippen LogP contribution < -0.4 is 0 Å². The summed E-state index contributed by atoms with van der Waals surface area (Å²) in [5.74, 6) is 0.614. The fourth-order valence-corrected chi connectivity index (χ4v) is 2.27. The number of aliphatic hydroxyl groups is 1. The third kappa shape index (κ3) is 1.81. The number of aliphatic hydroxyl groups excluding tert-OH is 1. The van der Waals surface area contributed by atoms with Crippen molar-refractivity contribution in [3.05, 3.63) is 35.4 Å². The number of likely N-dealkylation sites (N-methyl/N-ethyl adjacent to an activating group) is 1. The van der Waals surface area contributed by atoms with E-state index in [9.17, 15) is 5.11 Å². The molecule has 0 aliphatic carbocycles. The molecule has 1 heterocycles. The third-order valence-electron chi connectivity index (χ3n) is 3.06. The molecule has 1 aromatic rings. The van der Waals surface area contributed by atoms with Gasteiger partial charge < -0.3 is 10.0 Å². The Kier molecular flexibility index (Phi) is 2.85. The molecule has 0 radical (unpaired) electrons. The van der Waals surface area contributed by atoms with E-state index in [1.807, 2.05) is 12.1 Å². The van der Waals surface area contributed by atoms with Gasteiger partial charge in [-0.05, 0) is 37.1 Å².